The molecular formula is C25H22N2O5S. The number of carbonyl (C=O) groups excluding carboxylic acids is 2. The SMILES string of the molecule is CCOC(=O)c1ccc(NC=C2C(=O)c3ccccc3N(Cc3ccccc3)S2(=O)=O)cc1. The van der Waals surface area contributed by atoms with Crippen LogP contribution in [0.5, 0.6) is 0 Å². The quantitative estimate of drug-likeness (QED) is 0.433. The minimum atomic E-state index is -4.12. The first-order valence-corrected chi connectivity index (χ1v) is 11.8. The van der Waals surface area contributed by atoms with Crippen LogP contribution in [-0.4, -0.2) is 26.8 Å². The number of hydrogen-bond donors (Lipinski definition) is 1. The number of hydrogen-bond acceptors (Lipinski definition) is 6. The molecule has 1 N–H and O–H groups in total. The average molecular weight is 463 g/mol. The van der Waals surface area contributed by atoms with Crippen molar-refractivity contribution in [3.63, 3.8) is 0 Å². The number of ether oxygens (including phenoxy) is 1. The van der Waals surface area contributed by atoms with Crippen LogP contribution in [0, 0.1) is 0 Å². The first-order chi connectivity index (χ1) is 15.9. The van der Waals surface area contributed by atoms with Crippen molar-refractivity contribution in [2.24, 2.45) is 0 Å². The third-order valence-electron chi connectivity index (χ3n) is 5.14. The lowest BCUT2D eigenvalue weighted by Gasteiger charge is -2.31. The van der Waals surface area contributed by atoms with Crippen molar-refractivity contribution in [3.05, 3.63) is 107 Å². The van der Waals surface area contributed by atoms with Gasteiger partial charge in [-0.2, -0.15) is 0 Å². The molecule has 0 atom stereocenters. The van der Waals surface area contributed by atoms with Crippen LogP contribution >= 0.6 is 0 Å². The molecule has 3 aromatic carbocycles. The highest BCUT2D eigenvalue weighted by Gasteiger charge is 2.40. The number of rotatable bonds is 6. The molecule has 0 bridgehead atoms. The molecule has 7 nitrogen and oxygen atoms in total. The number of nitrogens with zero attached hydrogens (tertiary/aromatic N) is 1. The lowest BCUT2D eigenvalue weighted by atomic mass is 10.1. The van der Waals surface area contributed by atoms with E-state index >= 15 is 0 Å². The van der Waals surface area contributed by atoms with E-state index in [0.717, 1.165) is 5.56 Å². The Balaban J connectivity index is 1.67. The maximum Gasteiger partial charge on any atom is 0.338 e. The van der Waals surface area contributed by atoms with Gasteiger partial charge in [0.1, 0.15) is 0 Å². The van der Waals surface area contributed by atoms with E-state index in [2.05, 4.69) is 5.32 Å². The molecule has 8 heteroatoms. The molecule has 1 heterocycles. The van der Waals surface area contributed by atoms with Gasteiger partial charge in [-0.25, -0.2) is 13.2 Å². The third kappa shape index (κ3) is 4.51. The van der Waals surface area contributed by atoms with Crippen LogP contribution in [0.4, 0.5) is 11.4 Å². The minimum Gasteiger partial charge on any atom is -0.462 e. The van der Waals surface area contributed by atoms with E-state index in [4.69, 9.17) is 4.74 Å². The Bertz CT molecular complexity index is 1320. The molecule has 168 valence electrons. The molecule has 0 saturated carbocycles. The van der Waals surface area contributed by atoms with Gasteiger partial charge in [0.25, 0.3) is 10.0 Å². The van der Waals surface area contributed by atoms with Gasteiger partial charge in [-0.3, -0.25) is 9.10 Å². The maximum atomic E-state index is 13.5. The molecule has 33 heavy (non-hydrogen) atoms. The number of nitrogens with one attached hydrogen (secondary N) is 1. The summed E-state index contributed by atoms with van der Waals surface area (Å²) in [4.78, 5) is 24.5. The fourth-order valence-corrected chi connectivity index (χ4v) is 5.03. The van der Waals surface area contributed by atoms with Crippen LogP contribution in [0.3, 0.4) is 0 Å². The predicted octanol–water partition coefficient (Wildman–Crippen LogP) is 4.35. The Morgan fingerprint density at radius 3 is 2.33 bits per heavy atom. The molecular weight excluding hydrogens is 440 g/mol. The maximum absolute atomic E-state index is 13.5. The summed E-state index contributed by atoms with van der Waals surface area (Å²) in [5, 5.41) is 2.87. The van der Waals surface area contributed by atoms with Gasteiger partial charge in [0.15, 0.2) is 4.91 Å². The second-order valence-corrected chi connectivity index (χ2v) is 9.13. The minimum absolute atomic E-state index is 0.0963. The van der Waals surface area contributed by atoms with Crippen molar-refractivity contribution in [2.45, 2.75) is 13.5 Å². The third-order valence-corrected chi connectivity index (χ3v) is 6.91. The van der Waals surface area contributed by atoms with Crippen molar-refractivity contribution >= 4 is 33.2 Å². The molecule has 0 amide bonds. The van der Waals surface area contributed by atoms with Crippen molar-refractivity contribution < 1.29 is 22.7 Å². The van der Waals surface area contributed by atoms with E-state index in [9.17, 15) is 18.0 Å². The summed E-state index contributed by atoms with van der Waals surface area (Å²) in [5.74, 6) is -1.02. The van der Waals surface area contributed by atoms with E-state index in [0.29, 0.717) is 22.5 Å². The Morgan fingerprint density at radius 1 is 0.970 bits per heavy atom. The standard InChI is InChI=1S/C25H22N2O5S/c1-2-32-25(29)19-12-14-20(15-13-19)26-16-23-24(28)21-10-6-7-11-22(21)27(33(23,30)31)17-18-8-4-3-5-9-18/h3-16,26H,2,17H2,1H3. The average Bonchev–Trinajstić information content (AvgIpc) is 2.83. The number of fused-ring (bicyclic) bond motifs is 1. The Hall–Kier alpha value is -3.91. The number of benzene rings is 3. The number of para-hydroxylation sites is 1. The van der Waals surface area contributed by atoms with E-state index < -0.39 is 21.8 Å². The van der Waals surface area contributed by atoms with Gasteiger partial charge in [0.05, 0.1) is 24.4 Å². The molecule has 0 spiro atoms. The van der Waals surface area contributed by atoms with E-state index in [1.807, 2.05) is 30.3 Å². The highest BCUT2D eigenvalue weighted by atomic mass is 32.2. The highest BCUT2D eigenvalue weighted by Crippen LogP contribution is 2.36. The molecule has 0 radical (unpaired) electrons. The van der Waals surface area contributed by atoms with E-state index in [1.165, 1.54) is 10.5 Å². The summed E-state index contributed by atoms with van der Waals surface area (Å²) in [5.41, 5.74) is 2.36. The summed E-state index contributed by atoms with van der Waals surface area (Å²) >= 11 is 0. The monoisotopic (exact) mass is 462 g/mol. The smallest absolute Gasteiger partial charge is 0.338 e. The van der Waals surface area contributed by atoms with Gasteiger partial charge < -0.3 is 10.1 Å². The van der Waals surface area contributed by atoms with Crippen molar-refractivity contribution in [1.29, 1.82) is 0 Å². The molecule has 3 aromatic rings. The normalized spacial score (nSPS) is 15.7. The molecule has 0 aromatic heterocycles. The lowest BCUT2D eigenvalue weighted by Crippen LogP contribution is -2.39. The topological polar surface area (TPSA) is 92.8 Å². The fourth-order valence-electron chi connectivity index (χ4n) is 3.51. The van der Waals surface area contributed by atoms with Crippen LogP contribution in [0.25, 0.3) is 0 Å². The summed E-state index contributed by atoms with van der Waals surface area (Å²) in [6.07, 6.45) is 1.20. The Kier molecular flexibility index (Phi) is 6.28. The molecule has 4 rings (SSSR count). The zero-order valence-electron chi connectivity index (χ0n) is 17.9. The van der Waals surface area contributed by atoms with Gasteiger partial charge in [-0.05, 0) is 48.9 Å². The van der Waals surface area contributed by atoms with Crippen LogP contribution in [-0.2, 0) is 21.3 Å². The molecule has 0 unspecified atom stereocenters. The molecule has 1 aliphatic rings. The fraction of sp³-hybridized carbons (Fsp3) is 0.120. The first kappa shape index (κ1) is 22.3. The largest absolute Gasteiger partial charge is 0.462 e. The number of anilines is 2. The van der Waals surface area contributed by atoms with Crippen LogP contribution in [0.1, 0.15) is 33.2 Å². The van der Waals surface area contributed by atoms with Gasteiger partial charge >= 0.3 is 5.97 Å². The second kappa shape index (κ2) is 9.30. The van der Waals surface area contributed by atoms with E-state index in [-0.39, 0.29) is 18.1 Å². The number of ketones is 1. The van der Waals surface area contributed by atoms with Crippen molar-refractivity contribution in [3.8, 4) is 0 Å². The molecule has 0 fully saturated rings. The Labute approximate surface area is 192 Å². The molecule has 0 saturated heterocycles. The summed E-state index contributed by atoms with van der Waals surface area (Å²) in [7, 11) is -4.12. The summed E-state index contributed by atoms with van der Waals surface area (Å²) in [6.45, 7) is 2.09. The first-order valence-electron chi connectivity index (χ1n) is 10.4. The number of sulfonamides is 1. The second-order valence-electron chi connectivity index (χ2n) is 7.29. The van der Waals surface area contributed by atoms with Gasteiger partial charge in [-0.1, -0.05) is 42.5 Å². The zero-order chi connectivity index (χ0) is 23.4. The van der Waals surface area contributed by atoms with Crippen LogP contribution < -0.4 is 9.62 Å². The highest BCUT2D eigenvalue weighted by molar-refractivity contribution is 7.97. The van der Waals surface area contributed by atoms with Crippen molar-refractivity contribution in [2.75, 3.05) is 16.2 Å². The van der Waals surface area contributed by atoms with Crippen molar-refractivity contribution in [1.82, 2.24) is 0 Å². The number of carbonyl (C=O) groups is 2. The van der Waals surface area contributed by atoms with Gasteiger partial charge in [-0.15, -0.1) is 0 Å². The lowest BCUT2D eigenvalue weighted by molar-refractivity contribution is 0.0526. The van der Waals surface area contributed by atoms with E-state index in [1.54, 1.807) is 55.5 Å². The van der Waals surface area contributed by atoms with Gasteiger partial charge in [0, 0.05) is 17.5 Å². The molecule has 1 aliphatic heterocycles. The summed E-state index contributed by atoms with van der Waals surface area (Å²) in [6, 6.07) is 22.2. The number of esters is 1. The Morgan fingerprint density at radius 2 is 1.64 bits per heavy atom. The zero-order valence-corrected chi connectivity index (χ0v) is 18.7. The predicted molar refractivity (Wildman–Crippen MR) is 126 cm³/mol. The number of allylic oxidation sites excluding steroid dienone is 1. The molecule has 0 aliphatic carbocycles. The number of Topliss-reactive ketones (excluding diaryl/α,β-unsaturated/α-hetero) is 1. The van der Waals surface area contributed by atoms with Gasteiger partial charge in [0.2, 0.25) is 5.78 Å². The van der Waals surface area contributed by atoms with Crippen LogP contribution in [0.2, 0.25) is 0 Å². The summed E-state index contributed by atoms with van der Waals surface area (Å²) < 4.78 is 33.1. The van der Waals surface area contributed by atoms with Crippen LogP contribution in [0.15, 0.2) is 90.0 Å².